The number of fused-ring (bicyclic) bond motifs is 1. The van der Waals surface area contributed by atoms with Gasteiger partial charge in [0.1, 0.15) is 5.82 Å². The second-order valence-corrected chi connectivity index (χ2v) is 5.88. The Labute approximate surface area is 130 Å². The zero-order valence-electron chi connectivity index (χ0n) is 11.8. The van der Waals surface area contributed by atoms with Crippen molar-refractivity contribution >= 4 is 32.5 Å². The third kappa shape index (κ3) is 2.65. The maximum absolute atomic E-state index is 13.6. The molecule has 0 fully saturated rings. The van der Waals surface area contributed by atoms with Gasteiger partial charge in [0.15, 0.2) is 0 Å². The molecule has 3 aromatic rings. The lowest BCUT2D eigenvalue weighted by molar-refractivity contribution is 0.621. The van der Waals surface area contributed by atoms with E-state index >= 15 is 0 Å². The fraction of sp³-hybridized carbons (Fsp3) is 0.188. The predicted molar refractivity (Wildman–Crippen MR) is 86.9 cm³/mol. The first-order valence-corrected chi connectivity index (χ1v) is 7.45. The van der Waals surface area contributed by atoms with Crippen molar-refractivity contribution in [1.29, 1.82) is 0 Å². The standard InChI is InChI=1S/C16H15BrFN3/c1-10-7-12(17)13(18)8-14(10)19-9-15-11-5-3-4-6-16(11)21(2)20-15/h3-8,19H,9H2,1-2H3. The first kappa shape index (κ1) is 14.1. The fourth-order valence-electron chi connectivity index (χ4n) is 2.43. The van der Waals surface area contributed by atoms with Crippen molar-refractivity contribution in [3.63, 3.8) is 0 Å². The van der Waals surface area contributed by atoms with Crippen molar-refractivity contribution < 1.29 is 4.39 Å². The Morgan fingerprint density at radius 3 is 2.86 bits per heavy atom. The summed E-state index contributed by atoms with van der Waals surface area (Å²) in [4.78, 5) is 0. The van der Waals surface area contributed by atoms with Crippen LogP contribution < -0.4 is 5.32 Å². The largest absolute Gasteiger partial charge is 0.379 e. The monoisotopic (exact) mass is 347 g/mol. The molecule has 0 atom stereocenters. The van der Waals surface area contributed by atoms with Crippen LogP contribution in [-0.4, -0.2) is 9.78 Å². The van der Waals surface area contributed by atoms with Crippen molar-refractivity contribution in [3.05, 3.63) is 57.9 Å². The van der Waals surface area contributed by atoms with E-state index in [4.69, 9.17) is 0 Å². The van der Waals surface area contributed by atoms with E-state index in [1.807, 2.05) is 42.9 Å². The van der Waals surface area contributed by atoms with Crippen LogP contribution >= 0.6 is 15.9 Å². The SMILES string of the molecule is Cc1cc(Br)c(F)cc1NCc1nn(C)c2ccccc12. The number of para-hydroxylation sites is 1. The van der Waals surface area contributed by atoms with E-state index in [2.05, 4.69) is 26.3 Å². The number of aryl methyl sites for hydroxylation is 2. The molecule has 0 saturated carbocycles. The summed E-state index contributed by atoms with van der Waals surface area (Å²) >= 11 is 3.19. The molecule has 0 unspecified atom stereocenters. The number of rotatable bonds is 3. The lowest BCUT2D eigenvalue weighted by Gasteiger charge is -2.09. The van der Waals surface area contributed by atoms with Crippen molar-refractivity contribution in [3.8, 4) is 0 Å². The Morgan fingerprint density at radius 1 is 1.29 bits per heavy atom. The molecule has 0 spiro atoms. The highest BCUT2D eigenvalue weighted by atomic mass is 79.9. The zero-order chi connectivity index (χ0) is 15.0. The minimum atomic E-state index is -0.269. The van der Waals surface area contributed by atoms with E-state index in [0.29, 0.717) is 11.0 Å². The van der Waals surface area contributed by atoms with E-state index in [1.165, 1.54) is 6.07 Å². The summed E-state index contributed by atoms with van der Waals surface area (Å²) in [6, 6.07) is 11.4. The van der Waals surface area contributed by atoms with Crippen LogP contribution in [0, 0.1) is 12.7 Å². The summed E-state index contributed by atoms with van der Waals surface area (Å²) in [5, 5.41) is 8.91. The van der Waals surface area contributed by atoms with Crippen LogP contribution in [0.4, 0.5) is 10.1 Å². The molecule has 5 heteroatoms. The second kappa shape index (κ2) is 5.48. The van der Waals surface area contributed by atoms with Gasteiger partial charge >= 0.3 is 0 Å². The molecule has 1 heterocycles. The zero-order valence-corrected chi connectivity index (χ0v) is 13.4. The number of benzene rings is 2. The van der Waals surface area contributed by atoms with E-state index in [1.54, 1.807) is 6.07 Å². The number of anilines is 1. The van der Waals surface area contributed by atoms with Gasteiger partial charge in [-0.25, -0.2) is 4.39 Å². The van der Waals surface area contributed by atoms with E-state index in [9.17, 15) is 4.39 Å². The van der Waals surface area contributed by atoms with Gasteiger partial charge in [-0.2, -0.15) is 5.10 Å². The average Bonchev–Trinajstić information content (AvgIpc) is 2.79. The molecule has 0 amide bonds. The second-order valence-electron chi connectivity index (χ2n) is 5.02. The minimum absolute atomic E-state index is 0.269. The molecular weight excluding hydrogens is 333 g/mol. The van der Waals surface area contributed by atoms with E-state index in [-0.39, 0.29) is 5.82 Å². The van der Waals surface area contributed by atoms with Gasteiger partial charge in [0.05, 0.1) is 22.2 Å². The molecule has 0 radical (unpaired) electrons. The molecule has 0 aliphatic rings. The quantitative estimate of drug-likeness (QED) is 0.761. The van der Waals surface area contributed by atoms with Gasteiger partial charge in [-0.15, -0.1) is 0 Å². The number of aromatic nitrogens is 2. The smallest absolute Gasteiger partial charge is 0.139 e. The van der Waals surface area contributed by atoms with Crippen LogP contribution in [0.25, 0.3) is 10.9 Å². The highest BCUT2D eigenvalue weighted by Crippen LogP contribution is 2.25. The van der Waals surface area contributed by atoms with Crippen LogP contribution in [0.2, 0.25) is 0 Å². The lowest BCUT2D eigenvalue weighted by atomic mass is 10.1. The first-order valence-electron chi connectivity index (χ1n) is 6.66. The van der Waals surface area contributed by atoms with Gasteiger partial charge < -0.3 is 5.32 Å². The number of hydrogen-bond donors (Lipinski definition) is 1. The van der Waals surface area contributed by atoms with Gasteiger partial charge in [0.25, 0.3) is 0 Å². The molecular formula is C16H15BrFN3. The van der Waals surface area contributed by atoms with E-state index in [0.717, 1.165) is 27.8 Å². The van der Waals surface area contributed by atoms with Gasteiger partial charge in [-0.3, -0.25) is 4.68 Å². The van der Waals surface area contributed by atoms with Gasteiger partial charge in [-0.05, 0) is 46.6 Å². The summed E-state index contributed by atoms with van der Waals surface area (Å²) in [5.74, 6) is -0.269. The average molecular weight is 348 g/mol. The van der Waals surface area contributed by atoms with Crippen molar-refractivity contribution in [2.75, 3.05) is 5.32 Å². The normalized spacial score (nSPS) is 11.0. The minimum Gasteiger partial charge on any atom is -0.379 e. The Balaban J connectivity index is 1.89. The maximum atomic E-state index is 13.6. The molecule has 1 aromatic heterocycles. The van der Waals surface area contributed by atoms with Crippen molar-refractivity contribution in [2.45, 2.75) is 13.5 Å². The highest BCUT2D eigenvalue weighted by molar-refractivity contribution is 9.10. The first-order chi connectivity index (χ1) is 10.1. The Bertz CT molecular complexity index is 811. The molecule has 21 heavy (non-hydrogen) atoms. The predicted octanol–water partition coefficient (Wildman–Crippen LogP) is 4.40. The summed E-state index contributed by atoms with van der Waals surface area (Å²) in [7, 11) is 1.93. The fourth-order valence-corrected chi connectivity index (χ4v) is 2.89. The van der Waals surface area contributed by atoms with Gasteiger partial charge in [0.2, 0.25) is 0 Å². The molecule has 2 aromatic carbocycles. The number of nitrogens with zero attached hydrogens (tertiary/aromatic N) is 2. The maximum Gasteiger partial charge on any atom is 0.139 e. The molecule has 3 rings (SSSR count). The van der Waals surface area contributed by atoms with Crippen molar-refractivity contribution in [1.82, 2.24) is 9.78 Å². The Hall–Kier alpha value is -1.88. The highest BCUT2D eigenvalue weighted by Gasteiger charge is 2.09. The van der Waals surface area contributed by atoms with Crippen LogP contribution in [0.15, 0.2) is 40.9 Å². The molecule has 0 aliphatic carbocycles. The lowest BCUT2D eigenvalue weighted by Crippen LogP contribution is -2.03. The molecule has 3 nitrogen and oxygen atoms in total. The van der Waals surface area contributed by atoms with E-state index < -0.39 is 0 Å². The van der Waals surface area contributed by atoms with Gasteiger partial charge in [0, 0.05) is 18.1 Å². The van der Waals surface area contributed by atoms with Crippen LogP contribution in [0.1, 0.15) is 11.3 Å². The summed E-state index contributed by atoms with van der Waals surface area (Å²) in [6.07, 6.45) is 0. The summed E-state index contributed by atoms with van der Waals surface area (Å²) < 4.78 is 16.0. The molecule has 0 saturated heterocycles. The summed E-state index contributed by atoms with van der Waals surface area (Å²) in [6.45, 7) is 2.51. The molecule has 1 N–H and O–H groups in total. The molecule has 0 bridgehead atoms. The van der Waals surface area contributed by atoms with Crippen LogP contribution in [0.3, 0.4) is 0 Å². The van der Waals surface area contributed by atoms with Crippen LogP contribution in [-0.2, 0) is 13.6 Å². The summed E-state index contributed by atoms with van der Waals surface area (Å²) in [5.41, 5.74) is 3.82. The third-order valence-electron chi connectivity index (χ3n) is 3.55. The molecule has 108 valence electrons. The van der Waals surface area contributed by atoms with Crippen LogP contribution in [0.5, 0.6) is 0 Å². The van der Waals surface area contributed by atoms with Gasteiger partial charge in [-0.1, -0.05) is 18.2 Å². The Morgan fingerprint density at radius 2 is 2.05 bits per heavy atom. The Kier molecular flexibility index (Phi) is 3.68. The third-order valence-corrected chi connectivity index (χ3v) is 4.16. The number of hydrogen-bond acceptors (Lipinski definition) is 2. The topological polar surface area (TPSA) is 29.9 Å². The van der Waals surface area contributed by atoms with Crippen molar-refractivity contribution in [2.24, 2.45) is 7.05 Å². The number of halogens is 2. The molecule has 0 aliphatic heterocycles. The number of nitrogens with one attached hydrogen (secondary N) is 1.